The van der Waals surface area contributed by atoms with Gasteiger partial charge in [0.15, 0.2) is 5.78 Å². The zero-order valence-electron chi connectivity index (χ0n) is 17.4. The largest absolute Gasteiger partial charge is 0.426 e. The van der Waals surface area contributed by atoms with Crippen LogP contribution in [0.1, 0.15) is 48.2 Å². The fourth-order valence-corrected chi connectivity index (χ4v) is 4.40. The summed E-state index contributed by atoms with van der Waals surface area (Å²) in [5, 5.41) is 11.4. The molecule has 0 amide bonds. The molecule has 0 saturated heterocycles. The van der Waals surface area contributed by atoms with Crippen LogP contribution in [0.2, 0.25) is 0 Å². The van der Waals surface area contributed by atoms with Gasteiger partial charge in [-0.25, -0.2) is 4.79 Å². The molecule has 1 aliphatic rings. The summed E-state index contributed by atoms with van der Waals surface area (Å²) in [5.74, 6) is -0.444. The Morgan fingerprint density at radius 1 is 1.13 bits per heavy atom. The van der Waals surface area contributed by atoms with Crippen LogP contribution in [-0.2, 0) is 9.53 Å². The van der Waals surface area contributed by atoms with Gasteiger partial charge in [-0.3, -0.25) is 14.9 Å². The van der Waals surface area contributed by atoms with Crippen LogP contribution < -0.4 is 0 Å². The SMILES string of the molecule is Cc1ccc(C)c(C(=O)OC2=C(Sc3ccccc3[N+](=O)[O-])C(=O)CC(C)(C)C2)c1. The second-order valence-electron chi connectivity index (χ2n) is 8.23. The molecule has 0 N–H and O–H groups in total. The molecule has 30 heavy (non-hydrogen) atoms. The van der Waals surface area contributed by atoms with Crippen LogP contribution in [-0.4, -0.2) is 16.7 Å². The molecule has 0 radical (unpaired) electrons. The highest BCUT2D eigenvalue weighted by molar-refractivity contribution is 8.04. The minimum absolute atomic E-state index is 0.0900. The lowest BCUT2D eigenvalue weighted by Crippen LogP contribution is -2.27. The molecule has 3 rings (SSSR count). The van der Waals surface area contributed by atoms with Gasteiger partial charge in [-0.15, -0.1) is 0 Å². The highest BCUT2D eigenvalue weighted by Crippen LogP contribution is 2.45. The number of allylic oxidation sites excluding steroid dienone is 2. The fraction of sp³-hybridized carbons (Fsp3) is 0.304. The predicted molar refractivity (Wildman–Crippen MR) is 115 cm³/mol. The van der Waals surface area contributed by atoms with E-state index >= 15 is 0 Å². The second kappa shape index (κ2) is 8.44. The minimum atomic E-state index is -0.530. The van der Waals surface area contributed by atoms with Crippen molar-refractivity contribution in [1.29, 1.82) is 0 Å². The summed E-state index contributed by atoms with van der Waals surface area (Å²) in [4.78, 5) is 37.3. The molecule has 0 spiro atoms. The molecule has 0 aromatic heterocycles. The Kier molecular flexibility index (Phi) is 6.12. The van der Waals surface area contributed by atoms with Gasteiger partial charge in [-0.2, -0.15) is 0 Å². The van der Waals surface area contributed by atoms with Gasteiger partial charge in [0, 0.05) is 18.9 Å². The number of esters is 1. The van der Waals surface area contributed by atoms with E-state index in [0.29, 0.717) is 16.9 Å². The molecule has 7 heteroatoms. The van der Waals surface area contributed by atoms with Gasteiger partial charge in [0.05, 0.1) is 20.3 Å². The number of ketones is 1. The third-order valence-corrected chi connectivity index (χ3v) is 6.11. The topological polar surface area (TPSA) is 86.5 Å². The Hall–Kier alpha value is -2.93. The molecule has 2 aromatic rings. The molecule has 0 bridgehead atoms. The van der Waals surface area contributed by atoms with Crippen molar-refractivity contribution >= 4 is 29.2 Å². The number of rotatable bonds is 5. The lowest BCUT2D eigenvalue weighted by molar-refractivity contribution is -0.387. The van der Waals surface area contributed by atoms with Gasteiger partial charge in [-0.05, 0) is 37.0 Å². The lowest BCUT2D eigenvalue weighted by atomic mass is 9.79. The lowest BCUT2D eigenvalue weighted by Gasteiger charge is -2.31. The molecule has 2 aromatic carbocycles. The van der Waals surface area contributed by atoms with Crippen LogP contribution in [0.25, 0.3) is 0 Å². The molecule has 1 aliphatic carbocycles. The number of ether oxygens (including phenoxy) is 1. The average Bonchev–Trinajstić information content (AvgIpc) is 2.66. The first-order chi connectivity index (χ1) is 14.1. The van der Waals surface area contributed by atoms with Crippen molar-refractivity contribution in [3.63, 3.8) is 0 Å². The predicted octanol–water partition coefficient (Wildman–Crippen LogP) is 5.76. The van der Waals surface area contributed by atoms with Crippen molar-refractivity contribution in [3.05, 3.63) is 79.9 Å². The van der Waals surface area contributed by atoms with Crippen molar-refractivity contribution in [2.75, 3.05) is 0 Å². The number of carbonyl (C=O) groups excluding carboxylic acids is 2. The van der Waals surface area contributed by atoms with Crippen LogP contribution in [0.5, 0.6) is 0 Å². The number of thioether (sulfide) groups is 1. The van der Waals surface area contributed by atoms with Crippen molar-refractivity contribution in [2.24, 2.45) is 5.41 Å². The molecule has 156 valence electrons. The number of carbonyl (C=O) groups is 2. The number of para-hydroxylation sites is 1. The van der Waals surface area contributed by atoms with Gasteiger partial charge in [0.2, 0.25) is 0 Å². The van der Waals surface area contributed by atoms with E-state index in [1.54, 1.807) is 24.3 Å². The molecule has 6 nitrogen and oxygen atoms in total. The van der Waals surface area contributed by atoms with Crippen molar-refractivity contribution in [1.82, 2.24) is 0 Å². The van der Waals surface area contributed by atoms with Crippen molar-refractivity contribution in [3.8, 4) is 0 Å². The van der Waals surface area contributed by atoms with E-state index in [4.69, 9.17) is 4.74 Å². The number of hydrogen-bond donors (Lipinski definition) is 0. The molecule has 0 saturated carbocycles. The van der Waals surface area contributed by atoms with Gasteiger partial charge in [0.1, 0.15) is 5.76 Å². The highest BCUT2D eigenvalue weighted by Gasteiger charge is 2.36. The Morgan fingerprint density at radius 3 is 2.53 bits per heavy atom. The van der Waals surface area contributed by atoms with Crippen molar-refractivity contribution in [2.45, 2.75) is 45.4 Å². The third kappa shape index (κ3) is 4.79. The quantitative estimate of drug-likeness (QED) is 0.344. The number of Topliss-reactive ketones (excluding diaryl/α,β-unsaturated/α-hetero) is 1. The maximum Gasteiger partial charge on any atom is 0.343 e. The van der Waals surface area contributed by atoms with Gasteiger partial charge in [0.25, 0.3) is 5.69 Å². The van der Waals surface area contributed by atoms with E-state index in [2.05, 4.69) is 0 Å². The van der Waals surface area contributed by atoms with E-state index in [1.165, 1.54) is 6.07 Å². The average molecular weight is 426 g/mol. The Bertz CT molecular complexity index is 1070. The summed E-state index contributed by atoms with van der Waals surface area (Å²) in [6.45, 7) is 7.58. The smallest absolute Gasteiger partial charge is 0.343 e. The number of nitrogens with zero attached hydrogens (tertiary/aromatic N) is 1. The molecular formula is C23H23NO5S. The Labute approximate surface area is 179 Å². The number of nitro benzene ring substituents is 1. The maximum absolute atomic E-state index is 12.9. The normalized spacial score (nSPS) is 15.8. The number of nitro groups is 1. The summed E-state index contributed by atoms with van der Waals surface area (Å²) in [7, 11) is 0. The van der Waals surface area contributed by atoms with Gasteiger partial charge < -0.3 is 4.74 Å². The summed E-state index contributed by atoms with van der Waals surface area (Å²) in [6, 6.07) is 11.7. The van der Waals surface area contributed by atoms with Crippen LogP contribution >= 0.6 is 11.8 Å². The van der Waals surface area contributed by atoms with Crippen LogP contribution in [0.15, 0.2) is 58.0 Å². The summed E-state index contributed by atoms with van der Waals surface area (Å²) < 4.78 is 5.73. The molecule has 0 unspecified atom stereocenters. The van der Waals surface area contributed by atoms with E-state index in [0.717, 1.165) is 22.9 Å². The molecular weight excluding hydrogens is 402 g/mol. The Morgan fingerprint density at radius 2 is 1.83 bits per heavy atom. The van der Waals surface area contributed by atoms with Gasteiger partial charge in [-0.1, -0.05) is 55.4 Å². The zero-order valence-corrected chi connectivity index (χ0v) is 18.2. The number of hydrogen-bond acceptors (Lipinski definition) is 6. The standard InChI is InChI=1S/C23H23NO5S/c1-14-9-10-15(2)16(11-14)22(26)29-19-13-23(3,4)12-18(25)21(19)30-20-8-6-5-7-17(20)24(27)28/h5-11H,12-13H2,1-4H3. The van der Waals surface area contributed by atoms with E-state index in [1.807, 2.05) is 39.8 Å². The summed E-state index contributed by atoms with van der Waals surface area (Å²) in [5.41, 5.74) is 1.68. The van der Waals surface area contributed by atoms with Gasteiger partial charge >= 0.3 is 5.97 Å². The third-order valence-electron chi connectivity index (χ3n) is 4.89. The first-order valence-electron chi connectivity index (χ1n) is 9.54. The number of benzene rings is 2. The number of aryl methyl sites for hydroxylation is 2. The second-order valence-corrected chi connectivity index (χ2v) is 9.28. The van der Waals surface area contributed by atoms with Crippen LogP contribution in [0.4, 0.5) is 5.69 Å². The molecule has 0 aliphatic heterocycles. The zero-order chi connectivity index (χ0) is 22.1. The first kappa shape index (κ1) is 21.8. The molecule has 0 heterocycles. The minimum Gasteiger partial charge on any atom is -0.426 e. The highest BCUT2D eigenvalue weighted by atomic mass is 32.2. The monoisotopic (exact) mass is 425 g/mol. The van der Waals surface area contributed by atoms with Crippen LogP contribution in [0.3, 0.4) is 0 Å². The summed E-state index contributed by atoms with van der Waals surface area (Å²) in [6.07, 6.45) is 0.665. The maximum atomic E-state index is 12.9. The fourth-order valence-electron chi connectivity index (χ4n) is 3.37. The van der Waals surface area contributed by atoms with Crippen LogP contribution in [0, 0.1) is 29.4 Å². The van der Waals surface area contributed by atoms with E-state index in [9.17, 15) is 19.7 Å². The molecule has 0 atom stereocenters. The summed E-state index contributed by atoms with van der Waals surface area (Å²) >= 11 is 0.992. The van der Waals surface area contributed by atoms with E-state index in [-0.39, 0.29) is 34.0 Å². The van der Waals surface area contributed by atoms with E-state index < -0.39 is 10.9 Å². The Balaban J connectivity index is 2.02. The first-order valence-corrected chi connectivity index (χ1v) is 10.4. The van der Waals surface area contributed by atoms with Crippen molar-refractivity contribution < 1.29 is 19.2 Å². The molecule has 0 fully saturated rings.